The molecule has 0 aromatic carbocycles. The average molecular weight is 644 g/mol. The summed E-state index contributed by atoms with van der Waals surface area (Å²) in [4.78, 5) is 72.8. The van der Waals surface area contributed by atoms with Crippen molar-refractivity contribution in [1.82, 2.24) is 25.6 Å². The lowest BCUT2D eigenvalue weighted by atomic mass is 10.00. The lowest BCUT2D eigenvalue weighted by Gasteiger charge is -2.37. The highest BCUT2D eigenvalue weighted by atomic mass is 16.6. The lowest BCUT2D eigenvalue weighted by molar-refractivity contribution is -0.140. The van der Waals surface area contributed by atoms with Gasteiger partial charge in [0, 0.05) is 43.2 Å². The van der Waals surface area contributed by atoms with E-state index in [0.717, 1.165) is 22.9 Å². The van der Waals surface area contributed by atoms with Crippen LogP contribution in [0.25, 0.3) is 0 Å². The smallest absolute Gasteiger partial charge is 0.424 e. The Morgan fingerprint density at radius 1 is 0.733 bits per heavy atom. The van der Waals surface area contributed by atoms with Gasteiger partial charge in [-0.2, -0.15) is 0 Å². The van der Waals surface area contributed by atoms with Gasteiger partial charge in [-0.05, 0) is 33.1 Å². The first-order valence-electron chi connectivity index (χ1n) is 14.3. The summed E-state index contributed by atoms with van der Waals surface area (Å²) in [7, 11) is 0. The van der Waals surface area contributed by atoms with Gasteiger partial charge in [-0.25, -0.2) is 45.5 Å². The molecule has 0 aromatic heterocycles. The summed E-state index contributed by atoms with van der Waals surface area (Å²) in [5.74, 6) is 10.5. The number of nitrogens with two attached hydrogens (primary N) is 2. The second-order valence-electron chi connectivity index (χ2n) is 9.87. The second-order valence-corrected chi connectivity index (χ2v) is 9.87. The van der Waals surface area contributed by atoms with Gasteiger partial charge in [0.1, 0.15) is 26.4 Å². The molecular formula is C27H45N7O11. The van der Waals surface area contributed by atoms with Gasteiger partial charge in [0.05, 0.1) is 19.7 Å². The van der Waals surface area contributed by atoms with E-state index >= 15 is 0 Å². The van der Waals surface area contributed by atoms with E-state index in [1.54, 1.807) is 4.90 Å². The number of carbonyl (C=O) groups excluding carboxylic acids is 6. The molecule has 1 atom stereocenters. The molecule has 1 heterocycles. The van der Waals surface area contributed by atoms with E-state index in [1.165, 1.54) is 13.8 Å². The number of urea groups is 1. The largest absolute Gasteiger partial charge is 0.459 e. The number of alkyl carbamates (subject to hydrolysis) is 2. The molecule has 5 amide bonds. The van der Waals surface area contributed by atoms with Gasteiger partial charge < -0.3 is 39.2 Å². The molecule has 6 N–H and O–H groups in total. The first-order chi connectivity index (χ1) is 21.3. The van der Waals surface area contributed by atoms with Crippen LogP contribution in [0.5, 0.6) is 0 Å². The summed E-state index contributed by atoms with van der Waals surface area (Å²) in [6.07, 6.45) is 0.323. The van der Waals surface area contributed by atoms with Crippen LogP contribution in [0.15, 0.2) is 24.3 Å². The van der Waals surface area contributed by atoms with Crippen LogP contribution >= 0.6 is 0 Å². The fourth-order valence-electron chi connectivity index (χ4n) is 3.71. The number of hydrogen-bond acceptors (Lipinski definition) is 13. The molecule has 1 aliphatic rings. The van der Waals surface area contributed by atoms with E-state index < -0.39 is 36.2 Å². The highest BCUT2D eigenvalue weighted by molar-refractivity contribution is 5.87. The van der Waals surface area contributed by atoms with Gasteiger partial charge in [0.15, 0.2) is 0 Å². The second kappa shape index (κ2) is 21.2. The van der Waals surface area contributed by atoms with E-state index in [9.17, 15) is 28.8 Å². The number of hydrogen-bond donors (Lipinski definition) is 4. The number of likely N-dealkylation sites (tertiary alicyclic amines) is 1. The Bertz CT molecular complexity index is 1060. The predicted octanol–water partition coefficient (Wildman–Crippen LogP) is 0.530. The van der Waals surface area contributed by atoms with Crippen LogP contribution in [0, 0.1) is 0 Å². The van der Waals surface area contributed by atoms with Gasteiger partial charge in [-0.15, -0.1) is 0 Å². The zero-order chi connectivity index (χ0) is 33.8. The third-order valence-electron chi connectivity index (χ3n) is 6.07. The maximum atomic E-state index is 13.0. The van der Waals surface area contributed by atoms with Crippen LogP contribution in [-0.4, -0.2) is 123 Å². The Hall–Kier alpha value is -4.58. The number of esters is 2. The number of ether oxygens (including phenoxy) is 5. The van der Waals surface area contributed by atoms with Crippen molar-refractivity contribution in [2.24, 2.45) is 11.7 Å². The first kappa shape index (κ1) is 38.4. The van der Waals surface area contributed by atoms with Gasteiger partial charge in [-0.1, -0.05) is 13.2 Å². The number of rotatable bonds is 17. The molecule has 0 radical (unpaired) electrons. The summed E-state index contributed by atoms with van der Waals surface area (Å²) >= 11 is 0. The SMILES string of the molecule is C=C(C)C(=O)OCCOC(=O)NCCN(N)C(=O)OCCC1CCCCN1C(=O)N(N)CCNC(=O)OCCOC(=O)C(=C)C. The number of nitrogens with zero attached hydrogens (tertiary/aromatic N) is 3. The molecule has 0 saturated carbocycles. The minimum Gasteiger partial charge on any atom is -0.459 e. The van der Waals surface area contributed by atoms with E-state index in [0.29, 0.717) is 19.4 Å². The Morgan fingerprint density at radius 2 is 1.22 bits per heavy atom. The zero-order valence-corrected chi connectivity index (χ0v) is 25.9. The maximum Gasteiger partial charge on any atom is 0.424 e. The molecule has 1 rings (SSSR count). The van der Waals surface area contributed by atoms with Crippen molar-refractivity contribution < 1.29 is 52.5 Å². The number of amides is 5. The Labute approximate surface area is 261 Å². The van der Waals surface area contributed by atoms with Crippen LogP contribution in [0.1, 0.15) is 39.5 Å². The minimum atomic E-state index is -0.821. The van der Waals surface area contributed by atoms with Crippen LogP contribution in [0.2, 0.25) is 0 Å². The molecule has 0 spiro atoms. The summed E-state index contributed by atoms with van der Waals surface area (Å²) in [5.41, 5.74) is 0.454. The van der Waals surface area contributed by atoms with Crippen molar-refractivity contribution in [3.8, 4) is 0 Å². The summed E-state index contributed by atoms with van der Waals surface area (Å²) in [6, 6.07) is -0.678. The number of carbonyl (C=O) groups is 6. The molecular weight excluding hydrogens is 598 g/mol. The van der Waals surface area contributed by atoms with Crippen LogP contribution < -0.4 is 22.3 Å². The molecule has 1 aliphatic heterocycles. The average Bonchev–Trinajstić information content (AvgIpc) is 3.00. The molecule has 254 valence electrons. The molecule has 0 aliphatic carbocycles. The van der Waals surface area contributed by atoms with Crippen molar-refractivity contribution in [1.29, 1.82) is 0 Å². The molecule has 1 fully saturated rings. The monoisotopic (exact) mass is 643 g/mol. The third-order valence-corrected chi connectivity index (χ3v) is 6.07. The van der Waals surface area contributed by atoms with Gasteiger partial charge in [0.25, 0.3) is 0 Å². The number of piperidine rings is 1. The molecule has 0 aromatic rings. The molecule has 0 bridgehead atoms. The van der Waals surface area contributed by atoms with E-state index in [4.69, 9.17) is 35.4 Å². The van der Waals surface area contributed by atoms with E-state index in [1.807, 2.05) is 0 Å². The lowest BCUT2D eigenvalue weighted by Crippen LogP contribution is -2.54. The quantitative estimate of drug-likeness (QED) is 0.0322. The van der Waals surface area contributed by atoms with Crippen molar-refractivity contribution in [2.75, 3.05) is 65.8 Å². The summed E-state index contributed by atoms with van der Waals surface area (Å²) in [5, 5.41) is 6.62. The van der Waals surface area contributed by atoms with Gasteiger partial charge in [0.2, 0.25) is 0 Å². The molecule has 1 unspecified atom stereocenters. The fraction of sp³-hybridized carbons (Fsp3) is 0.630. The Morgan fingerprint density at radius 3 is 1.73 bits per heavy atom. The van der Waals surface area contributed by atoms with Crippen molar-refractivity contribution in [2.45, 2.75) is 45.6 Å². The van der Waals surface area contributed by atoms with E-state index in [-0.39, 0.29) is 76.4 Å². The Balaban J connectivity index is 2.30. The molecule has 18 nitrogen and oxygen atoms in total. The molecule has 45 heavy (non-hydrogen) atoms. The number of nitrogens with one attached hydrogen (secondary N) is 2. The van der Waals surface area contributed by atoms with E-state index in [2.05, 4.69) is 23.8 Å². The molecule has 18 heteroatoms. The van der Waals surface area contributed by atoms with Crippen LogP contribution in [-0.2, 0) is 33.3 Å². The fourth-order valence-corrected chi connectivity index (χ4v) is 3.71. The topological polar surface area (TPSA) is 234 Å². The number of hydrazine groups is 2. The van der Waals surface area contributed by atoms with Crippen molar-refractivity contribution >= 4 is 36.2 Å². The highest BCUT2D eigenvalue weighted by Gasteiger charge is 2.29. The minimum absolute atomic E-state index is 0.00293. The normalized spacial score (nSPS) is 13.9. The summed E-state index contributed by atoms with van der Waals surface area (Å²) < 4.78 is 24.6. The Kier molecular flexibility index (Phi) is 18.1. The maximum absolute atomic E-state index is 13.0. The van der Waals surface area contributed by atoms with Gasteiger partial charge in [-0.3, -0.25) is 5.01 Å². The molecule has 1 saturated heterocycles. The van der Waals surface area contributed by atoms with Gasteiger partial charge >= 0.3 is 36.2 Å². The third kappa shape index (κ3) is 16.2. The van der Waals surface area contributed by atoms with Crippen molar-refractivity contribution in [3.63, 3.8) is 0 Å². The first-order valence-corrected chi connectivity index (χ1v) is 14.3. The van der Waals surface area contributed by atoms with Crippen LogP contribution in [0.3, 0.4) is 0 Å². The van der Waals surface area contributed by atoms with Crippen LogP contribution in [0.4, 0.5) is 19.2 Å². The van der Waals surface area contributed by atoms with Crippen molar-refractivity contribution in [3.05, 3.63) is 24.3 Å². The summed E-state index contributed by atoms with van der Waals surface area (Å²) in [6.45, 7) is 9.67. The predicted molar refractivity (Wildman–Crippen MR) is 158 cm³/mol. The highest BCUT2D eigenvalue weighted by Crippen LogP contribution is 2.21. The zero-order valence-electron chi connectivity index (χ0n) is 25.9. The standard InChI is InChI=1S/C27H45N7O11/c1-19(2)22(35)41-15-17-43-24(37)30-9-12-33(28)26(39)32-11-6-5-7-21(32)8-14-45-27(40)34(29)13-10-31-25(38)44-18-16-42-23(36)20(3)4/h21H,1,3,5-18,28-29H2,2,4H3,(H,30,37)(H,31,38).